The Morgan fingerprint density at radius 2 is 2.00 bits per heavy atom. The Kier molecular flexibility index (Phi) is 4.97. The normalized spacial score (nSPS) is 11.4. The van der Waals surface area contributed by atoms with Gasteiger partial charge in [-0.1, -0.05) is 17.7 Å². The van der Waals surface area contributed by atoms with Gasteiger partial charge in [0.05, 0.1) is 22.3 Å². The second-order valence-electron chi connectivity index (χ2n) is 4.49. The molecular formula is C16H12ClFN2O2. The average Bonchev–Trinajstić information content (AvgIpc) is 2.52. The summed E-state index contributed by atoms with van der Waals surface area (Å²) < 4.78 is 19.2. The van der Waals surface area contributed by atoms with Gasteiger partial charge in [0.1, 0.15) is 5.75 Å². The lowest BCUT2D eigenvalue weighted by Gasteiger charge is -2.15. The fourth-order valence-corrected chi connectivity index (χ4v) is 1.87. The van der Waals surface area contributed by atoms with Crippen LogP contribution < -0.4 is 10.1 Å². The minimum Gasteiger partial charge on any atom is -0.481 e. The summed E-state index contributed by atoms with van der Waals surface area (Å²) in [4.78, 5) is 12.0. The Hall–Kier alpha value is -2.58. The van der Waals surface area contributed by atoms with Gasteiger partial charge >= 0.3 is 0 Å². The summed E-state index contributed by atoms with van der Waals surface area (Å²) in [6.45, 7) is 1.54. The fraction of sp³-hybridized carbons (Fsp3) is 0.125. The molecule has 22 heavy (non-hydrogen) atoms. The zero-order valence-corrected chi connectivity index (χ0v) is 12.4. The highest BCUT2D eigenvalue weighted by atomic mass is 35.5. The molecule has 6 heteroatoms. The van der Waals surface area contributed by atoms with E-state index in [0.29, 0.717) is 11.3 Å². The zero-order chi connectivity index (χ0) is 16.1. The van der Waals surface area contributed by atoms with Gasteiger partial charge < -0.3 is 10.1 Å². The highest BCUT2D eigenvalue weighted by Crippen LogP contribution is 2.22. The van der Waals surface area contributed by atoms with Gasteiger partial charge in [-0.2, -0.15) is 5.26 Å². The number of ether oxygens (including phenoxy) is 1. The van der Waals surface area contributed by atoms with Crippen molar-refractivity contribution in [1.29, 1.82) is 5.26 Å². The van der Waals surface area contributed by atoms with E-state index in [1.165, 1.54) is 25.1 Å². The number of rotatable bonds is 4. The van der Waals surface area contributed by atoms with E-state index in [4.69, 9.17) is 21.6 Å². The smallest absolute Gasteiger partial charge is 0.265 e. The number of amides is 1. The van der Waals surface area contributed by atoms with Crippen LogP contribution in [-0.2, 0) is 4.79 Å². The summed E-state index contributed by atoms with van der Waals surface area (Å²) >= 11 is 5.65. The van der Waals surface area contributed by atoms with Crippen molar-refractivity contribution >= 4 is 23.2 Å². The van der Waals surface area contributed by atoms with E-state index in [9.17, 15) is 9.18 Å². The third kappa shape index (κ3) is 3.74. The Labute approximate surface area is 132 Å². The molecule has 0 heterocycles. The van der Waals surface area contributed by atoms with Crippen LogP contribution in [0, 0.1) is 17.1 Å². The first-order chi connectivity index (χ1) is 10.5. The number of nitrogens with one attached hydrogen (secondary N) is 1. The molecule has 1 atom stereocenters. The lowest BCUT2D eigenvalue weighted by atomic mass is 10.2. The van der Waals surface area contributed by atoms with E-state index in [2.05, 4.69) is 5.32 Å². The van der Waals surface area contributed by atoms with E-state index in [1.807, 2.05) is 6.07 Å². The molecule has 0 spiro atoms. The first-order valence-corrected chi connectivity index (χ1v) is 6.80. The lowest BCUT2D eigenvalue weighted by Crippen LogP contribution is -2.30. The van der Waals surface area contributed by atoms with E-state index in [-0.39, 0.29) is 10.7 Å². The number of hydrogen-bond acceptors (Lipinski definition) is 3. The number of benzene rings is 2. The molecule has 0 radical (unpaired) electrons. The highest BCUT2D eigenvalue weighted by Gasteiger charge is 2.17. The van der Waals surface area contributed by atoms with Crippen molar-refractivity contribution in [1.82, 2.24) is 0 Å². The van der Waals surface area contributed by atoms with Gasteiger partial charge in [-0.05, 0) is 43.3 Å². The van der Waals surface area contributed by atoms with Crippen LogP contribution >= 0.6 is 11.6 Å². The Bertz CT molecular complexity index is 726. The third-order valence-electron chi connectivity index (χ3n) is 2.87. The Balaban J connectivity index is 2.02. The topological polar surface area (TPSA) is 62.1 Å². The van der Waals surface area contributed by atoms with Crippen LogP contribution in [0.3, 0.4) is 0 Å². The number of carbonyl (C=O) groups is 1. The van der Waals surface area contributed by atoms with Gasteiger partial charge in [-0.25, -0.2) is 4.39 Å². The molecule has 0 aromatic heterocycles. The summed E-state index contributed by atoms with van der Waals surface area (Å²) in [5, 5.41) is 11.1. The van der Waals surface area contributed by atoms with Crippen molar-refractivity contribution in [3.8, 4) is 11.8 Å². The zero-order valence-electron chi connectivity index (χ0n) is 11.6. The van der Waals surface area contributed by atoms with Crippen LogP contribution in [0.5, 0.6) is 5.75 Å². The van der Waals surface area contributed by atoms with E-state index >= 15 is 0 Å². The van der Waals surface area contributed by atoms with E-state index in [1.54, 1.807) is 24.3 Å². The predicted octanol–water partition coefficient (Wildman–Crippen LogP) is 3.76. The molecule has 1 amide bonds. The van der Waals surface area contributed by atoms with Gasteiger partial charge in [0.25, 0.3) is 5.91 Å². The summed E-state index contributed by atoms with van der Waals surface area (Å²) in [5.74, 6) is -0.762. The largest absolute Gasteiger partial charge is 0.481 e. The summed E-state index contributed by atoms with van der Waals surface area (Å²) in [6, 6.07) is 12.7. The van der Waals surface area contributed by atoms with Crippen LogP contribution in [0.4, 0.5) is 10.1 Å². The van der Waals surface area contributed by atoms with Gasteiger partial charge in [-0.3, -0.25) is 4.79 Å². The molecule has 0 aliphatic heterocycles. The average molecular weight is 319 g/mol. The van der Waals surface area contributed by atoms with Crippen molar-refractivity contribution in [3.63, 3.8) is 0 Å². The number of hydrogen-bond donors (Lipinski definition) is 1. The Morgan fingerprint density at radius 3 is 2.64 bits per heavy atom. The van der Waals surface area contributed by atoms with Gasteiger partial charge in [0.15, 0.2) is 11.9 Å². The molecular weight excluding hydrogens is 307 g/mol. The van der Waals surface area contributed by atoms with Crippen molar-refractivity contribution < 1.29 is 13.9 Å². The summed E-state index contributed by atoms with van der Waals surface area (Å²) in [5.41, 5.74) is 0.484. The molecule has 0 saturated heterocycles. The molecule has 1 N–H and O–H groups in total. The minimum atomic E-state index is -0.841. The molecule has 1 unspecified atom stereocenters. The van der Waals surface area contributed by atoms with Crippen molar-refractivity contribution in [3.05, 3.63) is 58.9 Å². The van der Waals surface area contributed by atoms with Crippen LogP contribution in [0.25, 0.3) is 0 Å². The molecule has 2 aromatic carbocycles. The molecule has 4 nitrogen and oxygen atoms in total. The number of nitriles is 1. The maximum atomic E-state index is 13.7. The molecule has 0 saturated carbocycles. The number of anilines is 1. The van der Waals surface area contributed by atoms with E-state index in [0.717, 1.165) is 0 Å². The van der Waals surface area contributed by atoms with Crippen LogP contribution in [0.2, 0.25) is 5.02 Å². The monoisotopic (exact) mass is 318 g/mol. The third-order valence-corrected chi connectivity index (χ3v) is 3.17. The summed E-state index contributed by atoms with van der Waals surface area (Å²) in [6.07, 6.45) is -0.841. The van der Waals surface area contributed by atoms with Gasteiger partial charge in [-0.15, -0.1) is 0 Å². The van der Waals surface area contributed by atoms with Crippen molar-refractivity contribution in [2.24, 2.45) is 0 Å². The van der Waals surface area contributed by atoms with Crippen LogP contribution in [0.1, 0.15) is 12.5 Å². The van der Waals surface area contributed by atoms with Crippen molar-refractivity contribution in [2.75, 3.05) is 5.32 Å². The SMILES string of the molecule is CC(Oc1ccc(C#N)cc1)C(=O)Nc1cccc(Cl)c1F. The minimum absolute atomic E-state index is 0.00669. The summed E-state index contributed by atoms with van der Waals surface area (Å²) in [7, 11) is 0. The fourth-order valence-electron chi connectivity index (χ4n) is 1.70. The molecule has 2 aromatic rings. The van der Waals surface area contributed by atoms with Crippen LogP contribution in [0.15, 0.2) is 42.5 Å². The molecule has 0 fully saturated rings. The second kappa shape index (κ2) is 6.92. The first-order valence-electron chi connectivity index (χ1n) is 6.43. The van der Waals surface area contributed by atoms with Gasteiger partial charge in [0.2, 0.25) is 0 Å². The highest BCUT2D eigenvalue weighted by molar-refractivity contribution is 6.31. The number of halogens is 2. The molecule has 0 aliphatic carbocycles. The number of nitrogens with zero attached hydrogens (tertiary/aromatic N) is 1. The first kappa shape index (κ1) is 15.8. The van der Waals surface area contributed by atoms with Crippen molar-refractivity contribution in [2.45, 2.75) is 13.0 Å². The molecule has 112 valence electrons. The molecule has 2 rings (SSSR count). The maximum Gasteiger partial charge on any atom is 0.265 e. The van der Waals surface area contributed by atoms with Gasteiger partial charge in [0, 0.05) is 0 Å². The second-order valence-corrected chi connectivity index (χ2v) is 4.89. The molecule has 0 aliphatic rings. The predicted molar refractivity (Wildman–Crippen MR) is 81.3 cm³/mol. The van der Waals surface area contributed by atoms with E-state index < -0.39 is 17.8 Å². The Morgan fingerprint density at radius 1 is 1.32 bits per heavy atom. The quantitative estimate of drug-likeness (QED) is 0.933. The number of carbonyl (C=O) groups excluding carboxylic acids is 1. The standard InChI is InChI=1S/C16H12ClFN2O2/c1-10(22-12-7-5-11(9-19)6-8-12)16(21)20-14-4-2-3-13(17)15(14)18/h2-8,10H,1H3,(H,20,21). The molecule has 0 bridgehead atoms. The van der Waals surface area contributed by atoms with Crippen LogP contribution in [-0.4, -0.2) is 12.0 Å². The lowest BCUT2D eigenvalue weighted by molar-refractivity contribution is -0.122. The maximum absolute atomic E-state index is 13.7.